The van der Waals surface area contributed by atoms with Crippen molar-refractivity contribution in [3.8, 4) is 12.1 Å². The molecule has 0 fully saturated rings. The molecule has 0 unspecified atom stereocenters. The summed E-state index contributed by atoms with van der Waals surface area (Å²) in [6, 6.07) is 16.0. The predicted octanol–water partition coefficient (Wildman–Crippen LogP) is 4.97. The van der Waals surface area contributed by atoms with E-state index in [1.807, 2.05) is 38.2 Å². The first-order chi connectivity index (χ1) is 14.1. The molecule has 29 heavy (non-hydrogen) atoms. The molecule has 0 amide bonds. The summed E-state index contributed by atoms with van der Waals surface area (Å²) in [5.41, 5.74) is 5.64. The molecule has 0 bridgehead atoms. The standard InChI is InChI=1S/C23H17N5O/c1-13-6-8-16-17-5-4-10-26-23(17)29-22(16)20(13)28-14(2)27(3)19-9-7-15(11-24)18(12-25)21(19)28/h4-10,14H,1-3H3/t14-/m0/s1. The Bertz CT molecular complexity index is 1390. The summed E-state index contributed by atoms with van der Waals surface area (Å²) in [4.78, 5) is 8.58. The smallest absolute Gasteiger partial charge is 0.227 e. The molecule has 0 radical (unpaired) electrons. The van der Waals surface area contributed by atoms with Gasteiger partial charge < -0.3 is 14.2 Å². The molecule has 0 aliphatic carbocycles. The van der Waals surface area contributed by atoms with Gasteiger partial charge in [0, 0.05) is 24.0 Å². The van der Waals surface area contributed by atoms with Crippen molar-refractivity contribution in [1.29, 1.82) is 10.5 Å². The average molecular weight is 379 g/mol. The minimum Gasteiger partial charge on any atom is -0.435 e. The highest BCUT2D eigenvalue weighted by atomic mass is 16.3. The largest absolute Gasteiger partial charge is 0.435 e. The quantitative estimate of drug-likeness (QED) is 0.465. The molecule has 2 aromatic heterocycles. The lowest BCUT2D eigenvalue weighted by Crippen LogP contribution is -2.36. The first kappa shape index (κ1) is 17.1. The van der Waals surface area contributed by atoms with Crippen molar-refractivity contribution in [3.63, 3.8) is 0 Å². The van der Waals surface area contributed by atoms with Crippen LogP contribution in [0.1, 0.15) is 23.6 Å². The van der Waals surface area contributed by atoms with Gasteiger partial charge in [-0.15, -0.1) is 0 Å². The first-order valence-corrected chi connectivity index (χ1v) is 9.33. The lowest BCUT2D eigenvalue weighted by atomic mass is 10.0. The molecule has 0 N–H and O–H groups in total. The van der Waals surface area contributed by atoms with E-state index in [1.165, 1.54) is 0 Å². The number of hydrogen-bond acceptors (Lipinski definition) is 6. The second-order valence-corrected chi connectivity index (χ2v) is 7.26. The molecule has 5 rings (SSSR count). The molecular weight excluding hydrogens is 362 g/mol. The van der Waals surface area contributed by atoms with Crippen LogP contribution in [0.25, 0.3) is 22.1 Å². The second kappa shape index (κ2) is 5.98. The van der Waals surface area contributed by atoms with Crippen LogP contribution in [-0.4, -0.2) is 18.2 Å². The van der Waals surface area contributed by atoms with E-state index in [0.29, 0.717) is 16.8 Å². The van der Waals surface area contributed by atoms with E-state index >= 15 is 0 Å². The highest BCUT2D eigenvalue weighted by Crippen LogP contribution is 2.49. The van der Waals surface area contributed by atoms with Crippen LogP contribution in [0.5, 0.6) is 0 Å². The average Bonchev–Trinajstić information content (AvgIpc) is 3.23. The Balaban J connectivity index is 1.89. The van der Waals surface area contributed by atoms with Gasteiger partial charge in [0.15, 0.2) is 5.58 Å². The monoisotopic (exact) mass is 379 g/mol. The fourth-order valence-electron chi connectivity index (χ4n) is 4.23. The van der Waals surface area contributed by atoms with Crippen molar-refractivity contribution < 1.29 is 4.42 Å². The number of hydrogen-bond donors (Lipinski definition) is 0. The van der Waals surface area contributed by atoms with E-state index in [1.54, 1.807) is 12.3 Å². The van der Waals surface area contributed by atoms with E-state index in [9.17, 15) is 10.5 Å². The number of rotatable bonds is 1. The van der Waals surface area contributed by atoms with Crippen LogP contribution >= 0.6 is 0 Å². The number of pyridine rings is 1. The zero-order chi connectivity index (χ0) is 20.3. The van der Waals surface area contributed by atoms with Crippen LogP contribution in [0.4, 0.5) is 17.1 Å². The molecule has 140 valence electrons. The molecule has 1 aliphatic heterocycles. The molecule has 0 spiro atoms. The summed E-state index contributed by atoms with van der Waals surface area (Å²) in [6.45, 7) is 4.10. The highest BCUT2D eigenvalue weighted by Gasteiger charge is 2.37. The summed E-state index contributed by atoms with van der Waals surface area (Å²) >= 11 is 0. The van der Waals surface area contributed by atoms with E-state index in [2.05, 4.69) is 39.9 Å². The Kier molecular flexibility index (Phi) is 3.53. The SMILES string of the molecule is Cc1ccc2c(oc3ncccc32)c1N1c2c(ccc(C#N)c2C#N)N(C)[C@@H]1C. The van der Waals surface area contributed by atoms with Gasteiger partial charge in [-0.3, -0.25) is 0 Å². The van der Waals surface area contributed by atoms with Crippen LogP contribution < -0.4 is 9.80 Å². The Morgan fingerprint density at radius 2 is 1.86 bits per heavy atom. The molecule has 0 saturated heterocycles. The van der Waals surface area contributed by atoms with Gasteiger partial charge in [-0.1, -0.05) is 12.1 Å². The maximum atomic E-state index is 9.87. The zero-order valence-electron chi connectivity index (χ0n) is 16.3. The van der Waals surface area contributed by atoms with Gasteiger partial charge in [-0.25, -0.2) is 4.98 Å². The minimum atomic E-state index is -0.0588. The molecule has 1 atom stereocenters. The number of aromatic nitrogens is 1. The van der Waals surface area contributed by atoms with Crippen LogP contribution in [0.3, 0.4) is 0 Å². The number of aryl methyl sites for hydroxylation is 1. The number of nitrogens with zero attached hydrogens (tertiary/aromatic N) is 5. The summed E-state index contributed by atoms with van der Waals surface area (Å²) in [7, 11) is 1.99. The van der Waals surface area contributed by atoms with E-state index < -0.39 is 0 Å². The Morgan fingerprint density at radius 3 is 2.62 bits per heavy atom. The molecule has 1 aliphatic rings. The Hall–Kier alpha value is -4.03. The maximum absolute atomic E-state index is 9.87. The van der Waals surface area contributed by atoms with Gasteiger partial charge in [0.25, 0.3) is 0 Å². The van der Waals surface area contributed by atoms with Gasteiger partial charge in [-0.05, 0) is 43.7 Å². The zero-order valence-corrected chi connectivity index (χ0v) is 16.3. The highest BCUT2D eigenvalue weighted by molar-refractivity contribution is 6.10. The normalized spacial score (nSPS) is 15.6. The third kappa shape index (κ3) is 2.17. The van der Waals surface area contributed by atoms with Gasteiger partial charge in [0.2, 0.25) is 5.71 Å². The van der Waals surface area contributed by atoms with Crippen LogP contribution in [0, 0.1) is 29.6 Å². The lowest BCUT2D eigenvalue weighted by Gasteiger charge is -2.29. The van der Waals surface area contributed by atoms with E-state index in [0.717, 1.165) is 39.0 Å². The predicted molar refractivity (Wildman–Crippen MR) is 112 cm³/mol. The summed E-state index contributed by atoms with van der Waals surface area (Å²) < 4.78 is 6.19. The van der Waals surface area contributed by atoms with E-state index in [4.69, 9.17) is 4.42 Å². The van der Waals surface area contributed by atoms with Crippen molar-refractivity contribution in [2.24, 2.45) is 0 Å². The number of fused-ring (bicyclic) bond motifs is 4. The van der Waals surface area contributed by atoms with Crippen molar-refractivity contribution in [3.05, 3.63) is 59.3 Å². The topological polar surface area (TPSA) is 80.1 Å². The molecule has 4 aromatic rings. The van der Waals surface area contributed by atoms with Crippen molar-refractivity contribution >= 4 is 39.1 Å². The number of furan rings is 1. The molecule has 3 heterocycles. The van der Waals surface area contributed by atoms with E-state index in [-0.39, 0.29) is 6.17 Å². The van der Waals surface area contributed by atoms with Crippen molar-refractivity contribution in [2.75, 3.05) is 16.8 Å². The maximum Gasteiger partial charge on any atom is 0.227 e. The third-order valence-corrected chi connectivity index (χ3v) is 5.78. The molecule has 0 saturated carbocycles. The number of benzene rings is 2. The molecule has 6 heteroatoms. The lowest BCUT2D eigenvalue weighted by molar-refractivity contribution is 0.648. The van der Waals surface area contributed by atoms with Gasteiger partial charge in [-0.2, -0.15) is 10.5 Å². The molecule has 6 nitrogen and oxygen atoms in total. The Morgan fingerprint density at radius 1 is 1.03 bits per heavy atom. The third-order valence-electron chi connectivity index (χ3n) is 5.78. The van der Waals surface area contributed by atoms with Crippen LogP contribution in [0.15, 0.2) is 47.0 Å². The summed E-state index contributed by atoms with van der Waals surface area (Å²) in [5, 5.41) is 21.3. The number of anilines is 3. The second-order valence-electron chi connectivity index (χ2n) is 7.26. The van der Waals surface area contributed by atoms with Gasteiger partial charge >= 0.3 is 0 Å². The van der Waals surface area contributed by atoms with Crippen LogP contribution in [0.2, 0.25) is 0 Å². The minimum absolute atomic E-state index is 0.0588. The molecular formula is C23H17N5O. The van der Waals surface area contributed by atoms with Crippen molar-refractivity contribution in [2.45, 2.75) is 20.0 Å². The molecule has 2 aromatic carbocycles. The Labute approximate surface area is 167 Å². The van der Waals surface area contributed by atoms with Gasteiger partial charge in [0.05, 0.1) is 28.2 Å². The van der Waals surface area contributed by atoms with Crippen molar-refractivity contribution in [1.82, 2.24) is 4.98 Å². The van der Waals surface area contributed by atoms with Gasteiger partial charge in [0.1, 0.15) is 18.3 Å². The fourth-order valence-corrected chi connectivity index (χ4v) is 4.23. The number of nitriles is 2. The summed E-state index contributed by atoms with van der Waals surface area (Å²) in [5.74, 6) is 0. The van der Waals surface area contributed by atoms with Crippen LogP contribution in [-0.2, 0) is 0 Å². The fraction of sp³-hybridized carbons (Fsp3) is 0.174. The first-order valence-electron chi connectivity index (χ1n) is 9.33. The summed E-state index contributed by atoms with van der Waals surface area (Å²) in [6.07, 6.45) is 1.66.